The third kappa shape index (κ3) is 18.9. The summed E-state index contributed by atoms with van der Waals surface area (Å²) < 4.78 is 38.3. The number of rotatable bonds is 24. The average molecular weight is 1420 g/mol. The monoisotopic (exact) mass is 1410 g/mol. The molecule has 4 heterocycles. The van der Waals surface area contributed by atoms with E-state index in [2.05, 4.69) is 61.7 Å². The number of aliphatic hydroxyl groups is 1. The first kappa shape index (κ1) is 72.1. The number of para-hydroxylation sites is 4. The predicted octanol–water partition coefficient (Wildman–Crippen LogP) is 11.2. The van der Waals surface area contributed by atoms with Crippen LogP contribution in [0.1, 0.15) is 55.3 Å². The first-order valence-corrected chi connectivity index (χ1v) is 31.5. The number of benzene rings is 8. The topological polar surface area (TPSA) is 365 Å². The van der Waals surface area contributed by atoms with E-state index in [0.717, 1.165) is 60.2 Å². The van der Waals surface area contributed by atoms with Crippen LogP contribution >= 0.6 is 15.9 Å². The van der Waals surface area contributed by atoms with Gasteiger partial charge >= 0.3 is 0 Å². The highest BCUT2D eigenvalue weighted by atomic mass is 79.9. The minimum Gasteiger partial charge on any atom is -0.395 e. The second-order valence-corrected chi connectivity index (χ2v) is 22.7. The van der Waals surface area contributed by atoms with Gasteiger partial charge in [0.2, 0.25) is 23.8 Å². The minimum atomic E-state index is -0.589. The Balaban J connectivity index is 0.000000154. The molecule has 12 aromatic rings. The molecule has 0 radical (unpaired) electrons. The van der Waals surface area contributed by atoms with Crippen molar-refractivity contribution in [1.29, 1.82) is 0 Å². The lowest BCUT2D eigenvalue weighted by Gasteiger charge is -2.13. The Morgan fingerprint density at radius 1 is 0.424 bits per heavy atom. The highest BCUT2D eigenvalue weighted by Crippen LogP contribution is 2.29. The molecule has 13 N–H and O–H groups in total. The molecule has 0 aliphatic heterocycles. The largest absolute Gasteiger partial charge is 0.395 e. The molecule has 28 nitrogen and oxygen atoms in total. The lowest BCUT2D eigenvalue weighted by Crippen LogP contribution is -2.18. The zero-order valence-electron chi connectivity index (χ0n) is 54.0. The first-order chi connectivity index (χ1) is 48.0. The van der Waals surface area contributed by atoms with E-state index in [1.54, 1.807) is 139 Å². The molecule has 0 saturated carbocycles. The number of hydroxylamine groups is 4. The fraction of sp³-hybridized carbons (Fsp3) is 0.188. The van der Waals surface area contributed by atoms with Crippen LogP contribution in [0.5, 0.6) is 0 Å². The molecule has 0 unspecified atom stereocenters. The van der Waals surface area contributed by atoms with Gasteiger partial charge in [-0.3, -0.25) is 40.0 Å². The standard InChI is InChI=1S/C19H22N4O3.C17H17BrN4O3.C17H17FN4O3.C16H16N4O3/c1-13(2)26-12-11-23-17-6-4-3-5-16(17)21-19(23)20-15-9-7-14(8-10-15)18(24)22-25;2*1-25-9-8-22-15-7-4-12(18)10-14(15)20-17(22)19-13-5-2-11(3-6-13)16(23)21-24;21-10-9-20-14-4-2-1-3-13(14)18-16(20)17-12-7-5-11(6-8-12)15(22)19-23/h3-10,13,25H,11-12H2,1-2H3,(H,20,21)(H,22,24);2*2-7,10,24H,8-9H2,1H3,(H,19,20)(H,21,23);1-8,21,23H,9-10H2,(H,17,18)(H,19,22). The Labute approximate surface area is 574 Å². The number of aliphatic hydroxyl groups excluding tert-OH is 1. The molecule has 99 heavy (non-hydrogen) atoms. The summed E-state index contributed by atoms with van der Waals surface area (Å²) in [6.07, 6.45) is 0.173. The number of imidazole rings is 4. The van der Waals surface area contributed by atoms with E-state index in [4.69, 9.17) is 35.0 Å². The average Bonchev–Trinajstić information content (AvgIpc) is 1.70. The van der Waals surface area contributed by atoms with Crippen molar-refractivity contribution in [2.45, 2.75) is 46.1 Å². The number of carbonyl (C=O) groups excluding carboxylic acids is 4. The molecule has 0 spiro atoms. The van der Waals surface area contributed by atoms with Gasteiger partial charge < -0.3 is 58.9 Å². The molecule has 0 aliphatic carbocycles. The summed E-state index contributed by atoms with van der Waals surface area (Å²) in [5.41, 5.74) is 17.7. The zero-order chi connectivity index (χ0) is 70.4. The highest BCUT2D eigenvalue weighted by Gasteiger charge is 2.17. The Morgan fingerprint density at radius 3 is 1.08 bits per heavy atom. The van der Waals surface area contributed by atoms with Gasteiger partial charge in [-0.05, 0) is 166 Å². The maximum absolute atomic E-state index is 13.5. The maximum Gasteiger partial charge on any atom is 0.274 e. The second-order valence-electron chi connectivity index (χ2n) is 21.8. The lowest BCUT2D eigenvalue weighted by molar-refractivity contribution is 0.0702. The molecule has 0 bridgehead atoms. The fourth-order valence-electron chi connectivity index (χ4n) is 10.1. The Bertz CT molecular complexity index is 4530. The van der Waals surface area contributed by atoms with E-state index < -0.39 is 23.6 Å². The SMILES string of the molecule is CC(C)OCCn1c(Nc2ccc(C(=O)NO)cc2)nc2ccccc21.COCCn1c(Nc2ccc(C(=O)NO)cc2)nc2cc(Br)ccc21.COCCn1c(Nc2ccc(C(=O)NO)cc2)nc2cc(F)ccc21.O=C(NO)c1ccc(Nc2nc3ccccc3n2CCO)cc1. The molecule has 0 saturated heterocycles. The Kier molecular flexibility index (Phi) is 25.6. The van der Waals surface area contributed by atoms with Crippen molar-refractivity contribution in [2.24, 2.45) is 0 Å². The van der Waals surface area contributed by atoms with Gasteiger partial charge in [0, 0.05) is 95.9 Å². The Hall–Kier alpha value is -11.2. The number of nitrogens with one attached hydrogen (secondary N) is 8. The van der Waals surface area contributed by atoms with Crippen molar-refractivity contribution in [1.82, 2.24) is 60.1 Å². The summed E-state index contributed by atoms with van der Waals surface area (Å²) in [6.45, 7) is 7.95. The van der Waals surface area contributed by atoms with E-state index in [1.165, 1.54) is 12.1 Å². The van der Waals surface area contributed by atoms with Gasteiger partial charge in [-0.15, -0.1) is 0 Å². The number of hydrogen-bond donors (Lipinski definition) is 13. The molecule has 30 heteroatoms. The van der Waals surface area contributed by atoms with Gasteiger partial charge in [0.25, 0.3) is 23.6 Å². The summed E-state index contributed by atoms with van der Waals surface area (Å²) in [7, 11) is 3.27. The third-order valence-electron chi connectivity index (χ3n) is 14.9. The summed E-state index contributed by atoms with van der Waals surface area (Å²) in [4.78, 5) is 63.7. The lowest BCUT2D eigenvalue weighted by atomic mass is 10.2. The van der Waals surface area contributed by atoms with E-state index >= 15 is 0 Å². The minimum absolute atomic E-state index is 0.00461. The highest BCUT2D eigenvalue weighted by molar-refractivity contribution is 9.10. The molecule has 0 fully saturated rings. The summed E-state index contributed by atoms with van der Waals surface area (Å²) in [6, 6.07) is 52.6. The molecule has 12 rings (SSSR count). The quantitative estimate of drug-likeness (QED) is 0.0197. The van der Waals surface area contributed by atoms with Gasteiger partial charge in [-0.2, -0.15) is 0 Å². The smallest absolute Gasteiger partial charge is 0.274 e. The van der Waals surface area contributed by atoms with Crippen LogP contribution in [0.25, 0.3) is 44.1 Å². The van der Waals surface area contributed by atoms with Crippen molar-refractivity contribution in [3.63, 3.8) is 0 Å². The van der Waals surface area contributed by atoms with Crippen LogP contribution in [0, 0.1) is 5.82 Å². The van der Waals surface area contributed by atoms with E-state index in [0.29, 0.717) is 103 Å². The summed E-state index contributed by atoms with van der Waals surface area (Å²) >= 11 is 3.46. The first-order valence-electron chi connectivity index (χ1n) is 30.7. The van der Waals surface area contributed by atoms with Gasteiger partial charge in [-0.1, -0.05) is 40.2 Å². The number of hydrogen-bond acceptors (Lipinski definition) is 20. The number of methoxy groups -OCH3 is 2. The molecular formula is C69H72BrFN16O12. The molecular weight excluding hydrogens is 1340 g/mol. The number of aromatic nitrogens is 8. The van der Waals surface area contributed by atoms with Crippen LogP contribution in [0.15, 0.2) is 186 Å². The second kappa shape index (κ2) is 35.2. The normalized spacial score (nSPS) is 10.9. The summed E-state index contributed by atoms with van der Waals surface area (Å²) in [5.74, 6) is -0.0642. The molecule has 514 valence electrons. The van der Waals surface area contributed by atoms with Crippen molar-refractivity contribution >= 4 is 130 Å². The number of carbonyl (C=O) groups is 4. The molecule has 8 aromatic carbocycles. The van der Waals surface area contributed by atoms with Crippen LogP contribution in [-0.4, -0.2) is 135 Å². The number of nitrogens with zero attached hydrogens (tertiary/aromatic N) is 8. The van der Waals surface area contributed by atoms with Crippen molar-refractivity contribution in [2.75, 3.05) is 61.9 Å². The van der Waals surface area contributed by atoms with Crippen molar-refractivity contribution < 1.29 is 63.7 Å². The van der Waals surface area contributed by atoms with Gasteiger partial charge in [0.05, 0.1) is 76.7 Å². The van der Waals surface area contributed by atoms with Crippen LogP contribution in [0.4, 0.5) is 50.9 Å². The van der Waals surface area contributed by atoms with Gasteiger partial charge in [0.15, 0.2) is 0 Å². The molecule has 0 atom stereocenters. The number of halogens is 2. The van der Waals surface area contributed by atoms with Gasteiger partial charge in [0.1, 0.15) is 5.82 Å². The van der Waals surface area contributed by atoms with Crippen molar-refractivity contribution in [3.05, 3.63) is 215 Å². The summed E-state index contributed by atoms with van der Waals surface area (Å²) in [5, 5.41) is 56.8. The zero-order valence-corrected chi connectivity index (χ0v) is 55.6. The molecule has 4 aromatic heterocycles. The Morgan fingerprint density at radius 2 is 0.737 bits per heavy atom. The molecule has 0 aliphatic rings. The number of anilines is 8. The fourth-order valence-corrected chi connectivity index (χ4v) is 10.4. The number of amides is 4. The van der Waals surface area contributed by atoms with E-state index in [9.17, 15) is 28.7 Å². The van der Waals surface area contributed by atoms with Crippen LogP contribution in [0.2, 0.25) is 0 Å². The molecule has 4 amide bonds. The van der Waals surface area contributed by atoms with Crippen LogP contribution in [-0.2, 0) is 40.4 Å². The number of ether oxygens (including phenoxy) is 3. The third-order valence-corrected chi connectivity index (χ3v) is 15.4. The van der Waals surface area contributed by atoms with Gasteiger partial charge in [-0.25, -0.2) is 46.2 Å². The van der Waals surface area contributed by atoms with Crippen LogP contribution in [0.3, 0.4) is 0 Å². The maximum atomic E-state index is 13.5. The van der Waals surface area contributed by atoms with Crippen LogP contribution < -0.4 is 43.2 Å². The number of fused-ring (bicyclic) bond motifs is 4. The van der Waals surface area contributed by atoms with E-state index in [1.807, 2.05) is 94.3 Å². The van der Waals surface area contributed by atoms with E-state index in [-0.39, 0.29) is 18.5 Å². The van der Waals surface area contributed by atoms with Crippen molar-refractivity contribution in [3.8, 4) is 0 Å². The predicted molar refractivity (Wildman–Crippen MR) is 374 cm³/mol.